The van der Waals surface area contributed by atoms with Crippen molar-refractivity contribution in [2.75, 3.05) is 6.61 Å². The van der Waals surface area contributed by atoms with Crippen molar-refractivity contribution in [3.63, 3.8) is 0 Å². The summed E-state index contributed by atoms with van der Waals surface area (Å²) >= 11 is 7.56. The van der Waals surface area contributed by atoms with Crippen molar-refractivity contribution in [2.24, 2.45) is 5.11 Å². The molecule has 2 aromatic carbocycles. The minimum absolute atomic E-state index is 0.645. The second kappa shape index (κ2) is 8.20. The zero-order valence-corrected chi connectivity index (χ0v) is 14.3. The van der Waals surface area contributed by atoms with Crippen LogP contribution in [-0.2, 0) is 0 Å². The number of halogens is 1. The first-order valence-corrected chi connectivity index (χ1v) is 8.41. The summed E-state index contributed by atoms with van der Waals surface area (Å²) in [5.74, 6) is 0.782. The molecule has 0 bridgehead atoms. The van der Waals surface area contributed by atoms with Gasteiger partial charge in [0.15, 0.2) is 0 Å². The summed E-state index contributed by atoms with van der Waals surface area (Å²) in [7, 11) is 0. The molecule has 116 valence electrons. The lowest BCUT2D eigenvalue weighted by Gasteiger charge is -2.13. The molecule has 0 unspecified atom stereocenters. The average Bonchev–Trinajstić information content (AvgIpc) is 2.51. The SMILES string of the molecule is CCCCOc1cc(N=N)c(C)cc1Sc1ccc(Cl)cc1. The van der Waals surface area contributed by atoms with Gasteiger partial charge in [0.2, 0.25) is 0 Å². The van der Waals surface area contributed by atoms with Crippen molar-refractivity contribution in [2.45, 2.75) is 36.5 Å². The predicted octanol–water partition coefficient (Wildman–Crippen LogP) is 6.64. The number of hydrogen-bond acceptors (Lipinski definition) is 4. The van der Waals surface area contributed by atoms with Crippen molar-refractivity contribution in [1.29, 1.82) is 5.53 Å². The zero-order valence-electron chi connectivity index (χ0n) is 12.7. The predicted molar refractivity (Wildman–Crippen MR) is 92.0 cm³/mol. The van der Waals surface area contributed by atoms with Crippen molar-refractivity contribution < 1.29 is 4.74 Å². The third-order valence-electron chi connectivity index (χ3n) is 3.18. The van der Waals surface area contributed by atoms with E-state index in [0.29, 0.717) is 12.3 Å². The summed E-state index contributed by atoms with van der Waals surface area (Å²) in [5.41, 5.74) is 8.87. The van der Waals surface area contributed by atoms with Crippen LogP contribution in [0.15, 0.2) is 51.3 Å². The molecule has 2 aromatic rings. The van der Waals surface area contributed by atoms with E-state index in [2.05, 4.69) is 12.0 Å². The molecule has 0 saturated heterocycles. The number of benzene rings is 2. The van der Waals surface area contributed by atoms with E-state index >= 15 is 0 Å². The molecule has 0 atom stereocenters. The maximum atomic E-state index is 7.26. The van der Waals surface area contributed by atoms with Gasteiger partial charge >= 0.3 is 0 Å². The Labute approximate surface area is 140 Å². The van der Waals surface area contributed by atoms with Gasteiger partial charge < -0.3 is 4.74 Å². The van der Waals surface area contributed by atoms with Crippen LogP contribution in [0, 0.1) is 12.5 Å². The minimum atomic E-state index is 0.645. The molecule has 0 fully saturated rings. The smallest absolute Gasteiger partial charge is 0.135 e. The van der Waals surface area contributed by atoms with Gasteiger partial charge in [-0.1, -0.05) is 36.7 Å². The van der Waals surface area contributed by atoms with Crippen LogP contribution in [0.1, 0.15) is 25.3 Å². The van der Waals surface area contributed by atoms with E-state index < -0.39 is 0 Å². The second-order valence-electron chi connectivity index (χ2n) is 4.96. The Morgan fingerprint density at radius 1 is 1.23 bits per heavy atom. The number of nitrogens with zero attached hydrogens (tertiary/aromatic N) is 1. The number of aryl methyl sites for hydroxylation is 1. The number of hydrogen-bond donors (Lipinski definition) is 1. The number of ether oxygens (including phenoxy) is 1. The summed E-state index contributed by atoms with van der Waals surface area (Å²) < 4.78 is 5.88. The first kappa shape index (κ1) is 16.8. The Hall–Kier alpha value is -1.52. The van der Waals surface area contributed by atoms with Crippen LogP contribution in [0.4, 0.5) is 5.69 Å². The lowest BCUT2D eigenvalue weighted by Crippen LogP contribution is -1.98. The summed E-state index contributed by atoms with van der Waals surface area (Å²) in [6, 6.07) is 11.6. The Balaban J connectivity index is 2.28. The molecule has 1 N–H and O–H groups in total. The van der Waals surface area contributed by atoms with Crippen molar-refractivity contribution in [3.8, 4) is 5.75 Å². The van der Waals surface area contributed by atoms with E-state index in [9.17, 15) is 0 Å². The fourth-order valence-electron chi connectivity index (χ4n) is 1.92. The fraction of sp³-hybridized carbons (Fsp3) is 0.294. The van der Waals surface area contributed by atoms with E-state index in [1.165, 1.54) is 0 Å². The molecule has 0 heterocycles. The maximum Gasteiger partial charge on any atom is 0.135 e. The van der Waals surface area contributed by atoms with Gasteiger partial charge in [-0.25, -0.2) is 5.53 Å². The molecular weight excluding hydrogens is 316 g/mol. The first-order chi connectivity index (χ1) is 10.6. The van der Waals surface area contributed by atoms with Crippen LogP contribution in [0.5, 0.6) is 5.75 Å². The van der Waals surface area contributed by atoms with Gasteiger partial charge in [0.05, 0.1) is 17.2 Å². The molecule has 22 heavy (non-hydrogen) atoms. The van der Waals surface area contributed by atoms with Crippen LogP contribution in [0.2, 0.25) is 5.02 Å². The van der Waals surface area contributed by atoms with E-state index in [4.69, 9.17) is 21.9 Å². The van der Waals surface area contributed by atoms with E-state index in [-0.39, 0.29) is 0 Å². The van der Waals surface area contributed by atoms with Gasteiger partial charge in [0, 0.05) is 16.0 Å². The largest absolute Gasteiger partial charge is 0.492 e. The average molecular weight is 335 g/mol. The van der Waals surface area contributed by atoms with Crippen LogP contribution < -0.4 is 4.74 Å². The Kier molecular flexibility index (Phi) is 6.28. The lowest BCUT2D eigenvalue weighted by molar-refractivity contribution is 0.302. The summed E-state index contributed by atoms with van der Waals surface area (Å²) in [6.45, 7) is 4.76. The number of unbranched alkanes of at least 4 members (excludes halogenated alkanes) is 1. The Bertz CT molecular complexity index is 644. The monoisotopic (exact) mass is 334 g/mol. The summed E-state index contributed by atoms with van der Waals surface area (Å²) in [6.07, 6.45) is 2.09. The summed E-state index contributed by atoms with van der Waals surface area (Å²) in [5, 5.41) is 4.29. The normalized spacial score (nSPS) is 10.5. The molecule has 0 aliphatic carbocycles. The molecular formula is C17H19ClN2OS. The van der Waals surface area contributed by atoms with Gasteiger partial charge in [-0.3, -0.25) is 0 Å². The Morgan fingerprint density at radius 2 is 1.95 bits per heavy atom. The van der Waals surface area contributed by atoms with Crippen LogP contribution in [-0.4, -0.2) is 6.61 Å². The van der Waals surface area contributed by atoms with Gasteiger partial charge in [0.1, 0.15) is 5.75 Å². The van der Waals surface area contributed by atoms with Gasteiger partial charge in [-0.2, -0.15) is 5.11 Å². The highest BCUT2D eigenvalue weighted by Crippen LogP contribution is 2.39. The highest BCUT2D eigenvalue weighted by Gasteiger charge is 2.10. The second-order valence-corrected chi connectivity index (χ2v) is 6.51. The van der Waals surface area contributed by atoms with Crippen molar-refractivity contribution in [3.05, 3.63) is 47.0 Å². The van der Waals surface area contributed by atoms with E-state index in [0.717, 1.165) is 39.0 Å². The lowest BCUT2D eigenvalue weighted by atomic mass is 10.2. The molecule has 0 spiro atoms. The third-order valence-corrected chi connectivity index (χ3v) is 4.48. The van der Waals surface area contributed by atoms with Gasteiger partial charge in [0.25, 0.3) is 0 Å². The highest BCUT2D eigenvalue weighted by atomic mass is 35.5. The number of rotatable bonds is 7. The maximum absolute atomic E-state index is 7.26. The van der Waals surface area contributed by atoms with Crippen molar-refractivity contribution in [1.82, 2.24) is 0 Å². The molecule has 0 aromatic heterocycles. The number of nitrogens with one attached hydrogen (secondary N) is 1. The van der Waals surface area contributed by atoms with Crippen LogP contribution in [0.25, 0.3) is 0 Å². The van der Waals surface area contributed by atoms with Crippen LogP contribution in [0.3, 0.4) is 0 Å². The molecule has 0 saturated carbocycles. The summed E-state index contributed by atoms with van der Waals surface area (Å²) in [4.78, 5) is 2.13. The van der Waals surface area contributed by atoms with Gasteiger partial charge in [-0.15, -0.1) is 0 Å². The fourth-order valence-corrected chi connectivity index (χ4v) is 3.03. The minimum Gasteiger partial charge on any atom is -0.492 e. The first-order valence-electron chi connectivity index (χ1n) is 7.22. The van der Waals surface area contributed by atoms with Crippen LogP contribution >= 0.6 is 23.4 Å². The van der Waals surface area contributed by atoms with Gasteiger partial charge in [-0.05, 0) is 49.2 Å². The molecule has 0 aliphatic rings. The molecule has 3 nitrogen and oxygen atoms in total. The molecule has 0 radical (unpaired) electrons. The quantitative estimate of drug-likeness (QED) is 0.455. The highest BCUT2D eigenvalue weighted by molar-refractivity contribution is 7.99. The third kappa shape index (κ3) is 4.49. The molecule has 2 rings (SSSR count). The molecule has 0 aliphatic heterocycles. The molecule has 5 heteroatoms. The van der Waals surface area contributed by atoms with Crippen molar-refractivity contribution >= 4 is 29.1 Å². The van der Waals surface area contributed by atoms with E-state index in [1.54, 1.807) is 11.8 Å². The Morgan fingerprint density at radius 3 is 2.59 bits per heavy atom. The molecule has 0 amide bonds. The standard InChI is InChI=1S/C17H19ClN2OS/c1-3-4-9-21-16-11-15(20-19)12(2)10-17(16)22-14-7-5-13(18)6-8-14/h5-8,10-11,19H,3-4,9H2,1-2H3. The topological polar surface area (TPSA) is 45.4 Å². The van der Waals surface area contributed by atoms with E-state index in [1.807, 2.05) is 43.3 Å². The zero-order chi connectivity index (χ0) is 15.9.